The second-order valence-electron chi connectivity index (χ2n) is 5.00. The van der Waals surface area contributed by atoms with Gasteiger partial charge < -0.3 is 20.5 Å². The van der Waals surface area contributed by atoms with E-state index in [1.807, 2.05) is 0 Å². The van der Waals surface area contributed by atoms with Crippen LogP contribution in [-0.2, 0) is 14.3 Å². The first kappa shape index (κ1) is 14.6. The molecule has 6 nitrogen and oxygen atoms in total. The summed E-state index contributed by atoms with van der Waals surface area (Å²) in [5, 5.41) is 15.6. The fourth-order valence-electron chi connectivity index (χ4n) is 2.34. The average Bonchev–Trinajstić information content (AvgIpc) is 2.87. The van der Waals surface area contributed by atoms with Crippen molar-refractivity contribution in [2.45, 2.75) is 30.1 Å². The SMILES string of the molecule is O=C(CSC1CCNCC1)NC1(C(=O)O)CCOC1. The Bertz CT molecular complexity index is 339. The van der Waals surface area contributed by atoms with Crippen molar-refractivity contribution < 1.29 is 19.4 Å². The molecule has 3 N–H and O–H groups in total. The Kier molecular flexibility index (Phi) is 5.06. The van der Waals surface area contributed by atoms with Crippen LogP contribution in [0.4, 0.5) is 0 Å². The van der Waals surface area contributed by atoms with Crippen molar-refractivity contribution in [2.24, 2.45) is 0 Å². The molecule has 2 heterocycles. The van der Waals surface area contributed by atoms with Crippen molar-refractivity contribution >= 4 is 23.6 Å². The Labute approximate surface area is 116 Å². The Hall–Kier alpha value is -0.790. The summed E-state index contributed by atoms with van der Waals surface area (Å²) in [4.78, 5) is 23.1. The zero-order chi connectivity index (χ0) is 13.7. The molecule has 19 heavy (non-hydrogen) atoms. The van der Waals surface area contributed by atoms with Crippen molar-refractivity contribution in [1.29, 1.82) is 0 Å². The third kappa shape index (κ3) is 3.84. The highest BCUT2D eigenvalue weighted by Crippen LogP contribution is 2.22. The number of rotatable bonds is 5. The molecule has 0 aromatic rings. The maximum absolute atomic E-state index is 11.9. The summed E-state index contributed by atoms with van der Waals surface area (Å²) in [5.41, 5.74) is -1.22. The number of nitrogens with one attached hydrogen (secondary N) is 2. The predicted molar refractivity (Wildman–Crippen MR) is 72.3 cm³/mol. The van der Waals surface area contributed by atoms with Crippen molar-refractivity contribution in [1.82, 2.24) is 10.6 Å². The molecule has 7 heteroatoms. The lowest BCUT2D eigenvalue weighted by molar-refractivity contribution is -0.147. The number of carboxylic acid groups (broad SMARTS) is 1. The lowest BCUT2D eigenvalue weighted by Crippen LogP contribution is -2.55. The van der Waals surface area contributed by atoms with Crippen LogP contribution < -0.4 is 10.6 Å². The summed E-state index contributed by atoms with van der Waals surface area (Å²) >= 11 is 1.61. The average molecular weight is 288 g/mol. The molecule has 2 aliphatic rings. The maximum atomic E-state index is 11.9. The van der Waals surface area contributed by atoms with Gasteiger partial charge in [-0.2, -0.15) is 0 Å². The van der Waals surface area contributed by atoms with Gasteiger partial charge in [-0.15, -0.1) is 11.8 Å². The third-order valence-electron chi connectivity index (χ3n) is 3.55. The number of aliphatic carboxylic acids is 1. The minimum Gasteiger partial charge on any atom is -0.479 e. The van der Waals surface area contributed by atoms with Crippen molar-refractivity contribution in [3.05, 3.63) is 0 Å². The predicted octanol–water partition coefficient (Wildman–Crippen LogP) is -0.168. The molecule has 2 aliphatic heterocycles. The molecule has 108 valence electrons. The third-order valence-corrected chi connectivity index (χ3v) is 4.92. The van der Waals surface area contributed by atoms with Gasteiger partial charge in [-0.3, -0.25) is 4.79 Å². The first-order valence-electron chi connectivity index (χ1n) is 6.57. The molecule has 2 rings (SSSR count). The van der Waals surface area contributed by atoms with Gasteiger partial charge in [-0.05, 0) is 25.9 Å². The quantitative estimate of drug-likeness (QED) is 0.651. The molecule has 0 radical (unpaired) electrons. The van der Waals surface area contributed by atoms with Gasteiger partial charge in [0.15, 0.2) is 5.54 Å². The molecule has 1 atom stereocenters. The summed E-state index contributed by atoms with van der Waals surface area (Å²) in [6, 6.07) is 0. The minimum absolute atomic E-state index is 0.0616. The molecule has 0 aliphatic carbocycles. The van der Waals surface area contributed by atoms with Crippen molar-refractivity contribution in [3.63, 3.8) is 0 Å². The van der Waals surface area contributed by atoms with E-state index in [1.54, 1.807) is 11.8 Å². The van der Waals surface area contributed by atoms with E-state index in [4.69, 9.17) is 4.74 Å². The van der Waals surface area contributed by atoms with Gasteiger partial charge in [0.1, 0.15) is 0 Å². The number of carbonyl (C=O) groups is 2. The monoisotopic (exact) mass is 288 g/mol. The van der Waals surface area contributed by atoms with Crippen LogP contribution in [0.15, 0.2) is 0 Å². The molecule has 1 unspecified atom stereocenters. The van der Waals surface area contributed by atoms with E-state index < -0.39 is 11.5 Å². The Morgan fingerprint density at radius 3 is 2.74 bits per heavy atom. The fourth-order valence-corrected chi connectivity index (χ4v) is 3.37. The number of hydrogen-bond acceptors (Lipinski definition) is 5. The van der Waals surface area contributed by atoms with Crippen LogP contribution in [0.2, 0.25) is 0 Å². The van der Waals surface area contributed by atoms with E-state index in [9.17, 15) is 14.7 Å². The highest BCUT2D eigenvalue weighted by molar-refractivity contribution is 8.00. The van der Waals surface area contributed by atoms with Gasteiger partial charge >= 0.3 is 5.97 Å². The number of piperidine rings is 1. The van der Waals surface area contributed by atoms with Gasteiger partial charge in [0.2, 0.25) is 5.91 Å². The first-order chi connectivity index (χ1) is 9.12. The molecule has 0 saturated carbocycles. The first-order valence-corrected chi connectivity index (χ1v) is 7.62. The number of carbonyl (C=O) groups excluding carboxylic acids is 1. The Balaban J connectivity index is 1.78. The van der Waals surface area contributed by atoms with E-state index in [0.717, 1.165) is 25.9 Å². The van der Waals surface area contributed by atoms with Crippen LogP contribution >= 0.6 is 11.8 Å². The fraction of sp³-hybridized carbons (Fsp3) is 0.833. The van der Waals surface area contributed by atoms with Crippen molar-refractivity contribution in [3.8, 4) is 0 Å². The second kappa shape index (κ2) is 6.58. The molecule has 0 aromatic heterocycles. The largest absolute Gasteiger partial charge is 0.479 e. The number of carboxylic acids is 1. The number of amides is 1. The maximum Gasteiger partial charge on any atom is 0.331 e. The zero-order valence-corrected chi connectivity index (χ0v) is 11.6. The lowest BCUT2D eigenvalue weighted by Gasteiger charge is -2.25. The van der Waals surface area contributed by atoms with E-state index >= 15 is 0 Å². The summed E-state index contributed by atoms with van der Waals surface area (Å²) in [7, 11) is 0. The van der Waals surface area contributed by atoms with E-state index in [-0.39, 0.29) is 12.5 Å². The highest BCUT2D eigenvalue weighted by atomic mass is 32.2. The van der Waals surface area contributed by atoms with E-state index in [2.05, 4.69) is 10.6 Å². The molecule has 2 fully saturated rings. The van der Waals surface area contributed by atoms with Crippen LogP contribution in [0.3, 0.4) is 0 Å². The summed E-state index contributed by atoms with van der Waals surface area (Å²) in [5.74, 6) is -0.902. The minimum atomic E-state index is -1.22. The molecular formula is C12H20N2O4S. The molecule has 2 saturated heterocycles. The van der Waals surface area contributed by atoms with E-state index in [1.165, 1.54) is 0 Å². The summed E-state index contributed by atoms with van der Waals surface area (Å²) in [6.07, 6.45) is 2.46. The molecular weight excluding hydrogens is 268 g/mol. The number of ether oxygens (including phenoxy) is 1. The number of thioether (sulfide) groups is 1. The molecule has 0 aromatic carbocycles. The second-order valence-corrected chi connectivity index (χ2v) is 6.29. The molecule has 0 bridgehead atoms. The smallest absolute Gasteiger partial charge is 0.331 e. The van der Waals surface area contributed by atoms with E-state index in [0.29, 0.717) is 24.0 Å². The van der Waals surface area contributed by atoms with Gasteiger partial charge in [0.05, 0.1) is 12.4 Å². The number of hydrogen-bond donors (Lipinski definition) is 3. The molecule has 0 spiro atoms. The zero-order valence-electron chi connectivity index (χ0n) is 10.8. The van der Waals surface area contributed by atoms with Crippen LogP contribution in [0.5, 0.6) is 0 Å². The molecule has 1 amide bonds. The van der Waals surface area contributed by atoms with Crippen LogP contribution in [0.1, 0.15) is 19.3 Å². The topological polar surface area (TPSA) is 87.7 Å². The summed E-state index contributed by atoms with van der Waals surface area (Å²) < 4.78 is 5.11. The van der Waals surface area contributed by atoms with Crippen LogP contribution in [-0.4, -0.2) is 59.8 Å². The summed E-state index contributed by atoms with van der Waals surface area (Å²) in [6.45, 7) is 2.43. The van der Waals surface area contributed by atoms with Crippen LogP contribution in [0.25, 0.3) is 0 Å². The highest BCUT2D eigenvalue weighted by Gasteiger charge is 2.43. The van der Waals surface area contributed by atoms with Gasteiger partial charge in [0, 0.05) is 18.3 Å². The lowest BCUT2D eigenvalue weighted by atomic mass is 9.99. The Morgan fingerprint density at radius 1 is 1.42 bits per heavy atom. The van der Waals surface area contributed by atoms with Gasteiger partial charge in [-0.1, -0.05) is 0 Å². The van der Waals surface area contributed by atoms with Crippen molar-refractivity contribution in [2.75, 3.05) is 32.1 Å². The van der Waals surface area contributed by atoms with Crippen LogP contribution in [0, 0.1) is 0 Å². The van der Waals surface area contributed by atoms with Gasteiger partial charge in [0.25, 0.3) is 0 Å². The standard InChI is InChI=1S/C12H20N2O4S/c15-10(7-19-9-1-4-13-5-2-9)14-12(11(16)17)3-6-18-8-12/h9,13H,1-8H2,(H,14,15)(H,16,17). The van der Waals surface area contributed by atoms with Gasteiger partial charge in [-0.25, -0.2) is 4.79 Å². The Morgan fingerprint density at radius 2 is 2.16 bits per heavy atom. The normalized spacial score (nSPS) is 28.2.